The van der Waals surface area contributed by atoms with Crippen molar-refractivity contribution < 1.29 is 4.52 Å². The van der Waals surface area contributed by atoms with E-state index in [9.17, 15) is 0 Å². The molecule has 0 saturated heterocycles. The third-order valence-electron chi connectivity index (χ3n) is 4.84. The molecule has 3 N–H and O–H groups in total. The van der Waals surface area contributed by atoms with Crippen molar-refractivity contribution in [2.45, 2.75) is 31.7 Å². The van der Waals surface area contributed by atoms with Gasteiger partial charge in [0.25, 0.3) is 0 Å². The Labute approximate surface area is 163 Å². The van der Waals surface area contributed by atoms with Crippen molar-refractivity contribution in [1.29, 1.82) is 0 Å². The number of halogens is 1. The highest BCUT2D eigenvalue weighted by Crippen LogP contribution is 2.30. The summed E-state index contributed by atoms with van der Waals surface area (Å²) in [6, 6.07) is 12.4. The molecule has 1 aliphatic carbocycles. The summed E-state index contributed by atoms with van der Waals surface area (Å²) in [5, 5.41) is 10.7. The van der Waals surface area contributed by atoms with Crippen LogP contribution in [0.3, 0.4) is 0 Å². The molecule has 0 amide bonds. The summed E-state index contributed by atoms with van der Waals surface area (Å²) < 4.78 is 5.47. The van der Waals surface area contributed by atoms with Crippen molar-refractivity contribution in [1.82, 2.24) is 10.1 Å². The largest absolute Gasteiger partial charge is 0.359 e. The van der Waals surface area contributed by atoms with Gasteiger partial charge in [0.2, 0.25) is 0 Å². The van der Waals surface area contributed by atoms with Crippen molar-refractivity contribution in [2.75, 3.05) is 11.9 Å². The van der Waals surface area contributed by atoms with E-state index in [4.69, 9.17) is 10.3 Å². The topological polar surface area (TPSA) is 77.0 Å². The molecular weight excluding hydrogens is 368 g/mol. The fourth-order valence-electron chi connectivity index (χ4n) is 3.31. The number of rotatable bonds is 5. The molecule has 1 aliphatic rings. The summed E-state index contributed by atoms with van der Waals surface area (Å²) in [5.74, 6) is 1.45. The highest BCUT2D eigenvalue weighted by atomic mass is 35.5. The lowest BCUT2D eigenvalue weighted by atomic mass is 9.86. The van der Waals surface area contributed by atoms with Gasteiger partial charge in [-0.05, 0) is 38.1 Å². The second-order valence-corrected chi connectivity index (χ2v) is 7.44. The molecule has 1 fully saturated rings. The summed E-state index contributed by atoms with van der Waals surface area (Å²) in [5.41, 5.74) is 8.42. The Balaban J connectivity index is 0.00000196. The first kappa shape index (κ1) is 18.9. The first-order chi connectivity index (χ1) is 12.3. The first-order valence-corrected chi connectivity index (χ1v) is 9.64. The van der Waals surface area contributed by atoms with E-state index in [2.05, 4.69) is 15.5 Å². The average molecular weight is 391 g/mol. The number of nitrogens with two attached hydrogens (primary N) is 1. The standard InChI is InChI=1S/C19H22N4OS.ClH/c20-11-13-6-8-15(9-7-13)21-19-22-17(12-25-19)16-10-18(24-23-16)14-4-2-1-3-5-14;/h1-5,10,12-13,15H,6-9,11,20H2,(H,21,22);1H. The van der Waals surface area contributed by atoms with Gasteiger partial charge in [0, 0.05) is 23.1 Å². The average Bonchev–Trinajstić information content (AvgIpc) is 3.32. The fraction of sp³-hybridized carbons (Fsp3) is 0.368. The monoisotopic (exact) mass is 390 g/mol. The molecule has 3 aromatic rings. The smallest absolute Gasteiger partial charge is 0.183 e. The van der Waals surface area contributed by atoms with Crippen LogP contribution in [0.4, 0.5) is 5.13 Å². The molecule has 5 nitrogen and oxygen atoms in total. The van der Waals surface area contributed by atoms with Crippen molar-refractivity contribution in [3.8, 4) is 22.7 Å². The van der Waals surface area contributed by atoms with Gasteiger partial charge in [-0.25, -0.2) is 4.98 Å². The first-order valence-electron chi connectivity index (χ1n) is 8.76. The molecule has 0 bridgehead atoms. The Hall–Kier alpha value is -1.89. The SMILES string of the molecule is Cl.NCC1CCC(Nc2nc(-c3cc(-c4ccccc4)on3)cs2)CC1. The van der Waals surface area contributed by atoms with Gasteiger partial charge in [-0.3, -0.25) is 0 Å². The van der Waals surface area contributed by atoms with Crippen LogP contribution in [0.15, 0.2) is 46.3 Å². The number of benzene rings is 1. The van der Waals surface area contributed by atoms with Crippen molar-refractivity contribution >= 4 is 28.9 Å². The van der Waals surface area contributed by atoms with E-state index < -0.39 is 0 Å². The summed E-state index contributed by atoms with van der Waals surface area (Å²) in [7, 11) is 0. The van der Waals surface area contributed by atoms with Crippen molar-refractivity contribution in [3.05, 3.63) is 41.8 Å². The number of nitrogens with one attached hydrogen (secondary N) is 1. The van der Waals surface area contributed by atoms with E-state index in [1.807, 2.05) is 41.8 Å². The number of hydrogen-bond acceptors (Lipinski definition) is 6. The maximum absolute atomic E-state index is 5.77. The molecule has 1 saturated carbocycles. The Bertz CT molecular complexity index is 812. The van der Waals surface area contributed by atoms with Gasteiger partial charge in [0.15, 0.2) is 10.9 Å². The Morgan fingerprint density at radius 2 is 1.88 bits per heavy atom. The predicted octanol–water partition coefficient (Wildman–Crippen LogP) is 4.82. The molecule has 2 aromatic heterocycles. The highest BCUT2D eigenvalue weighted by Gasteiger charge is 2.21. The van der Waals surface area contributed by atoms with Gasteiger partial charge in [-0.2, -0.15) is 0 Å². The number of anilines is 1. The lowest BCUT2D eigenvalue weighted by Crippen LogP contribution is -2.29. The minimum Gasteiger partial charge on any atom is -0.359 e. The minimum atomic E-state index is 0. The van der Waals surface area contributed by atoms with E-state index in [0.29, 0.717) is 12.0 Å². The van der Waals surface area contributed by atoms with Crippen LogP contribution in [0.2, 0.25) is 0 Å². The normalized spacial score (nSPS) is 19.7. The predicted molar refractivity (Wildman–Crippen MR) is 109 cm³/mol. The molecule has 1 aromatic carbocycles. The molecule has 26 heavy (non-hydrogen) atoms. The number of aromatic nitrogens is 2. The molecule has 0 atom stereocenters. The van der Waals surface area contributed by atoms with Crippen LogP contribution < -0.4 is 11.1 Å². The van der Waals surface area contributed by atoms with Crippen LogP contribution in [0.5, 0.6) is 0 Å². The lowest BCUT2D eigenvalue weighted by molar-refractivity contribution is 0.345. The molecule has 4 rings (SSSR count). The minimum absolute atomic E-state index is 0. The lowest BCUT2D eigenvalue weighted by Gasteiger charge is -2.28. The molecule has 0 unspecified atom stereocenters. The Morgan fingerprint density at radius 3 is 2.62 bits per heavy atom. The van der Waals surface area contributed by atoms with Crippen molar-refractivity contribution in [2.24, 2.45) is 11.7 Å². The maximum Gasteiger partial charge on any atom is 0.183 e. The van der Waals surface area contributed by atoms with Gasteiger partial charge in [0.05, 0.1) is 0 Å². The summed E-state index contributed by atoms with van der Waals surface area (Å²) in [6.45, 7) is 0.810. The third-order valence-corrected chi connectivity index (χ3v) is 5.62. The number of nitrogens with zero attached hydrogens (tertiary/aromatic N) is 2. The highest BCUT2D eigenvalue weighted by molar-refractivity contribution is 7.14. The maximum atomic E-state index is 5.77. The van der Waals surface area contributed by atoms with Crippen LogP contribution in [0, 0.1) is 5.92 Å². The molecule has 2 heterocycles. The van der Waals surface area contributed by atoms with E-state index in [1.165, 1.54) is 25.7 Å². The molecular formula is C19H23ClN4OS. The summed E-state index contributed by atoms with van der Waals surface area (Å²) >= 11 is 1.62. The van der Waals surface area contributed by atoms with Crippen molar-refractivity contribution in [3.63, 3.8) is 0 Å². The fourth-order valence-corrected chi connectivity index (χ4v) is 4.09. The van der Waals surface area contributed by atoms with Gasteiger partial charge >= 0.3 is 0 Å². The zero-order valence-electron chi connectivity index (χ0n) is 14.4. The van der Waals surface area contributed by atoms with Crippen LogP contribution >= 0.6 is 23.7 Å². The molecule has 7 heteroatoms. The van der Waals surface area contributed by atoms with Gasteiger partial charge < -0.3 is 15.6 Å². The van der Waals surface area contributed by atoms with Gasteiger partial charge in [-0.1, -0.05) is 35.5 Å². The molecule has 138 valence electrons. The zero-order valence-corrected chi connectivity index (χ0v) is 16.1. The quantitative estimate of drug-likeness (QED) is 0.653. The van der Waals surface area contributed by atoms with E-state index >= 15 is 0 Å². The summed E-state index contributed by atoms with van der Waals surface area (Å²) in [6.07, 6.45) is 4.74. The number of thiazole rings is 1. The third kappa shape index (κ3) is 4.26. The van der Waals surface area contributed by atoms with Crippen LogP contribution in [0.1, 0.15) is 25.7 Å². The van der Waals surface area contributed by atoms with Crippen LogP contribution in [-0.4, -0.2) is 22.7 Å². The Kier molecular flexibility index (Phi) is 6.29. The molecule has 0 radical (unpaired) electrons. The van der Waals surface area contributed by atoms with E-state index in [0.717, 1.165) is 34.4 Å². The molecule has 0 aliphatic heterocycles. The van der Waals surface area contributed by atoms with Gasteiger partial charge in [-0.15, -0.1) is 23.7 Å². The Morgan fingerprint density at radius 1 is 1.12 bits per heavy atom. The second kappa shape index (κ2) is 8.66. The van der Waals surface area contributed by atoms with Crippen LogP contribution in [-0.2, 0) is 0 Å². The number of hydrogen-bond donors (Lipinski definition) is 2. The van der Waals surface area contributed by atoms with E-state index in [1.54, 1.807) is 11.3 Å². The zero-order chi connectivity index (χ0) is 17.1. The summed E-state index contributed by atoms with van der Waals surface area (Å²) in [4.78, 5) is 4.68. The molecule has 0 spiro atoms. The van der Waals surface area contributed by atoms with Gasteiger partial charge in [0.1, 0.15) is 11.4 Å². The second-order valence-electron chi connectivity index (χ2n) is 6.58. The van der Waals surface area contributed by atoms with Crippen LogP contribution in [0.25, 0.3) is 22.7 Å². The van der Waals surface area contributed by atoms with E-state index in [-0.39, 0.29) is 12.4 Å².